The maximum absolute atomic E-state index is 11.3. The fourth-order valence-electron chi connectivity index (χ4n) is 1.24. The maximum Gasteiger partial charge on any atom is 0.270 e. The highest BCUT2D eigenvalue weighted by Gasteiger charge is 2.32. The lowest BCUT2D eigenvalue weighted by atomic mass is 10.2. The van der Waals surface area contributed by atoms with Crippen LogP contribution in [0.5, 0.6) is 0 Å². The van der Waals surface area contributed by atoms with Crippen molar-refractivity contribution in [3.05, 3.63) is 0 Å². The van der Waals surface area contributed by atoms with Crippen LogP contribution in [-0.4, -0.2) is 32.1 Å². The molecule has 0 aromatic rings. The minimum atomic E-state index is -3.26. The topological polar surface area (TPSA) is 52.6 Å². The molecule has 90 valence electrons. The largest absolute Gasteiger partial charge is 0.312 e. The van der Waals surface area contributed by atoms with Crippen molar-refractivity contribution in [2.24, 2.45) is 0 Å². The van der Waals surface area contributed by atoms with Crippen LogP contribution in [0.1, 0.15) is 33.1 Å². The molecule has 2 unspecified atom stereocenters. The Hall–Kier alpha value is 0.220. The molecule has 6 heteroatoms. The van der Waals surface area contributed by atoms with E-state index in [1.807, 2.05) is 6.92 Å². The highest BCUT2D eigenvalue weighted by molar-refractivity contribution is 7.94. The lowest BCUT2D eigenvalue weighted by Crippen LogP contribution is -2.15. The molecule has 1 aliphatic heterocycles. The average molecular weight is 254 g/mol. The van der Waals surface area contributed by atoms with Gasteiger partial charge < -0.3 is 4.18 Å². The van der Waals surface area contributed by atoms with Crippen LogP contribution < -0.4 is 0 Å². The predicted octanol–water partition coefficient (Wildman–Crippen LogP) is 1.96. The van der Waals surface area contributed by atoms with Gasteiger partial charge in [0.25, 0.3) is 10.1 Å². The minimum Gasteiger partial charge on any atom is -0.312 e. The molecular weight excluding hydrogens is 236 g/mol. The third-order valence-corrected chi connectivity index (χ3v) is 5.08. The van der Waals surface area contributed by atoms with Gasteiger partial charge in [-0.2, -0.15) is 8.42 Å². The highest BCUT2D eigenvalue weighted by atomic mass is 32.2. The maximum atomic E-state index is 11.3. The van der Waals surface area contributed by atoms with E-state index in [0.29, 0.717) is 25.2 Å². The van der Waals surface area contributed by atoms with Gasteiger partial charge in [-0.05, 0) is 38.2 Å². The van der Waals surface area contributed by atoms with Crippen LogP contribution in [0.25, 0.3) is 0 Å². The first-order valence-electron chi connectivity index (χ1n) is 5.22. The van der Waals surface area contributed by atoms with Gasteiger partial charge in [0.05, 0.1) is 18.0 Å². The van der Waals surface area contributed by atoms with Crippen molar-refractivity contribution in [1.82, 2.24) is 0 Å². The molecule has 4 nitrogen and oxygen atoms in total. The summed E-state index contributed by atoms with van der Waals surface area (Å²) in [5.41, 5.74) is 0. The average Bonchev–Trinajstić information content (AvgIpc) is 2.52. The van der Waals surface area contributed by atoms with Gasteiger partial charge in [0, 0.05) is 5.75 Å². The first kappa shape index (κ1) is 13.3. The standard InChI is InChI=1S/C9H18O4S2/c1-3-8(2)13-14-7-5-9-4-6-12-15(9,10)11/h8-9H,3-7H2,1-2H3. The Morgan fingerprint density at radius 2 is 2.33 bits per heavy atom. The molecule has 0 aromatic heterocycles. The zero-order valence-electron chi connectivity index (χ0n) is 9.14. The van der Waals surface area contributed by atoms with Crippen LogP contribution >= 0.6 is 12.0 Å². The molecule has 1 saturated heterocycles. The van der Waals surface area contributed by atoms with Crippen LogP contribution in [0.15, 0.2) is 0 Å². The molecule has 0 aromatic carbocycles. The van der Waals surface area contributed by atoms with E-state index in [-0.39, 0.29) is 11.4 Å². The zero-order chi connectivity index (χ0) is 11.3. The van der Waals surface area contributed by atoms with E-state index < -0.39 is 10.1 Å². The zero-order valence-corrected chi connectivity index (χ0v) is 10.8. The summed E-state index contributed by atoms with van der Waals surface area (Å²) in [5.74, 6) is 0.706. The quantitative estimate of drug-likeness (QED) is 0.412. The molecule has 0 amide bonds. The summed E-state index contributed by atoms with van der Waals surface area (Å²) in [4.78, 5) is 0. The molecule has 1 aliphatic rings. The fourth-order valence-corrected chi connectivity index (χ4v) is 3.54. The van der Waals surface area contributed by atoms with E-state index in [9.17, 15) is 8.42 Å². The minimum absolute atomic E-state index is 0.228. The van der Waals surface area contributed by atoms with Crippen molar-refractivity contribution >= 4 is 22.2 Å². The van der Waals surface area contributed by atoms with Crippen LogP contribution in [0.4, 0.5) is 0 Å². The van der Waals surface area contributed by atoms with Crippen molar-refractivity contribution in [2.75, 3.05) is 12.4 Å². The Morgan fingerprint density at radius 3 is 2.87 bits per heavy atom. The number of hydrogen-bond donors (Lipinski definition) is 0. The molecule has 0 saturated carbocycles. The second-order valence-electron chi connectivity index (χ2n) is 3.65. The molecule has 1 heterocycles. The lowest BCUT2D eigenvalue weighted by Gasteiger charge is -2.10. The smallest absolute Gasteiger partial charge is 0.270 e. The van der Waals surface area contributed by atoms with Crippen molar-refractivity contribution in [3.63, 3.8) is 0 Å². The molecule has 0 N–H and O–H groups in total. The van der Waals surface area contributed by atoms with Crippen molar-refractivity contribution < 1.29 is 16.8 Å². The van der Waals surface area contributed by atoms with Gasteiger partial charge in [0.15, 0.2) is 0 Å². The number of rotatable bonds is 6. The van der Waals surface area contributed by atoms with E-state index in [4.69, 9.17) is 4.18 Å². The summed E-state index contributed by atoms with van der Waals surface area (Å²) in [6.07, 6.45) is 2.43. The van der Waals surface area contributed by atoms with Crippen LogP contribution in [0, 0.1) is 0 Å². The van der Waals surface area contributed by atoms with Gasteiger partial charge in [-0.3, -0.25) is 4.18 Å². The summed E-state index contributed by atoms with van der Waals surface area (Å²) in [6.45, 7) is 4.40. The van der Waals surface area contributed by atoms with E-state index in [0.717, 1.165) is 6.42 Å². The Kier molecular flexibility index (Phi) is 5.38. The molecule has 0 bridgehead atoms. The van der Waals surface area contributed by atoms with Crippen molar-refractivity contribution in [1.29, 1.82) is 0 Å². The monoisotopic (exact) mass is 254 g/mol. The lowest BCUT2D eigenvalue weighted by molar-refractivity contribution is 0.259. The molecule has 1 rings (SSSR count). The van der Waals surface area contributed by atoms with Gasteiger partial charge in [-0.1, -0.05) is 6.92 Å². The molecule has 2 atom stereocenters. The molecule has 0 spiro atoms. The molecular formula is C9H18O4S2. The highest BCUT2D eigenvalue weighted by Crippen LogP contribution is 2.23. The first-order chi connectivity index (χ1) is 7.06. The Bertz CT molecular complexity index is 276. The number of hydrogen-bond acceptors (Lipinski definition) is 5. The summed E-state index contributed by atoms with van der Waals surface area (Å²) >= 11 is 1.35. The summed E-state index contributed by atoms with van der Waals surface area (Å²) in [7, 11) is -3.26. The third-order valence-electron chi connectivity index (χ3n) is 2.43. The molecule has 0 aliphatic carbocycles. The second-order valence-corrected chi connectivity index (χ2v) is 6.38. The van der Waals surface area contributed by atoms with Gasteiger partial charge in [0.1, 0.15) is 0 Å². The van der Waals surface area contributed by atoms with Crippen LogP contribution in [-0.2, 0) is 18.5 Å². The SMILES string of the molecule is CCC(C)OSCCC1CCOS1(=O)=O. The first-order valence-corrected chi connectivity index (χ1v) is 7.61. The van der Waals surface area contributed by atoms with Crippen molar-refractivity contribution in [3.8, 4) is 0 Å². The molecule has 0 radical (unpaired) electrons. The van der Waals surface area contributed by atoms with E-state index >= 15 is 0 Å². The Morgan fingerprint density at radius 1 is 1.60 bits per heavy atom. The van der Waals surface area contributed by atoms with Crippen LogP contribution in [0.3, 0.4) is 0 Å². The third kappa shape index (κ3) is 4.30. The fraction of sp³-hybridized carbons (Fsp3) is 1.00. The van der Waals surface area contributed by atoms with Crippen LogP contribution in [0.2, 0.25) is 0 Å². The van der Waals surface area contributed by atoms with Crippen molar-refractivity contribution in [2.45, 2.75) is 44.5 Å². The second kappa shape index (κ2) is 6.08. The Labute approximate surface area is 96.0 Å². The molecule has 1 fully saturated rings. The van der Waals surface area contributed by atoms with Gasteiger partial charge >= 0.3 is 0 Å². The van der Waals surface area contributed by atoms with E-state index in [1.54, 1.807) is 0 Å². The van der Waals surface area contributed by atoms with Gasteiger partial charge in [0.2, 0.25) is 0 Å². The normalized spacial score (nSPS) is 26.7. The van der Waals surface area contributed by atoms with E-state index in [1.165, 1.54) is 12.0 Å². The summed E-state index contributed by atoms with van der Waals surface area (Å²) in [6, 6.07) is 0. The summed E-state index contributed by atoms with van der Waals surface area (Å²) in [5, 5.41) is -0.328. The summed E-state index contributed by atoms with van der Waals surface area (Å²) < 4.78 is 32.6. The Balaban J connectivity index is 2.15. The van der Waals surface area contributed by atoms with Gasteiger partial charge in [-0.25, -0.2) is 0 Å². The molecule has 15 heavy (non-hydrogen) atoms. The van der Waals surface area contributed by atoms with E-state index in [2.05, 4.69) is 11.1 Å². The predicted molar refractivity (Wildman–Crippen MR) is 61.2 cm³/mol. The van der Waals surface area contributed by atoms with Gasteiger partial charge in [-0.15, -0.1) is 0 Å².